The summed E-state index contributed by atoms with van der Waals surface area (Å²) in [6, 6.07) is 12.1. The van der Waals surface area contributed by atoms with Gasteiger partial charge in [-0.25, -0.2) is 14.6 Å². The van der Waals surface area contributed by atoms with Crippen LogP contribution in [0.15, 0.2) is 53.5 Å². The molecule has 0 aromatic heterocycles. The third-order valence-electron chi connectivity index (χ3n) is 4.47. The normalized spacial score (nSPS) is 17.4. The lowest BCUT2D eigenvalue weighted by molar-refractivity contribution is -0.128. The Labute approximate surface area is 182 Å². The number of carbonyl (C=O) groups excluding carboxylic acids is 3. The van der Waals surface area contributed by atoms with E-state index in [2.05, 4.69) is 15.0 Å². The second-order valence-electron chi connectivity index (χ2n) is 6.57. The summed E-state index contributed by atoms with van der Waals surface area (Å²) >= 11 is 1.15. The van der Waals surface area contributed by atoms with Gasteiger partial charge in [0.25, 0.3) is 0 Å². The molecule has 1 heterocycles. The SMILES string of the molecule is COC(=O)c1ccc(N=C2SC(C(=O)Nc3ccc(C(=O)O)cc3)CC(=O)N2C)cc1. The van der Waals surface area contributed by atoms with Crippen molar-refractivity contribution in [2.24, 2.45) is 4.99 Å². The first kappa shape index (κ1) is 22.0. The van der Waals surface area contributed by atoms with Gasteiger partial charge in [0.1, 0.15) is 5.25 Å². The number of amides is 2. The number of anilines is 1. The number of amidine groups is 1. The van der Waals surface area contributed by atoms with E-state index in [1.807, 2.05) is 0 Å². The molecule has 3 rings (SSSR count). The zero-order valence-corrected chi connectivity index (χ0v) is 17.5. The van der Waals surface area contributed by atoms with Crippen molar-refractivity contribution in [1.82, 2.24) is 4.90 Å². The van der Waals surface area contributed by atoms with Gasteiger partial charge in [0, 0.05) is 19.2 Å². The van der Waals surface area contributed by atoms with Crippen LogP contribution in [0.5, 0.6) is 0 Å². The number of aliphatic imine (C=N–C) groups is 1. The molecular weight excluding hydrogens is 422 g/mol. The van der Waals surface area contributed by atoms with E-state index in [1.165, 1.54) is 36.3 Å². The predicted molar refractivity (Wildman–Crippen MR) is 116 cm³/mol. The van der Waals surface area contributed by atoms with E-state index in [1.54, 1.807) is 31.3 Å². The molecule has 2 amide bonds. The van der Waals surface area contributed by atoms with Crippen LogP contribution in [0.4, 0.5) is 11.4 Å². The molecule has 1 saturated heterocycles. The van der Waals surface area contributed by atoms with Crippen LogP contribution < -0.4 is 5.32 Å². The molecule has 0 aliphatic carbocycles. The zero-order valence-electron chi connectivity index (χ0n) is 16.7. The molecule has 1 fully saturated rings. The molecule has 0 spiro atoms. The average Bonchev–Trinajstić information content (AvgIpc) is 2.77. The monoisotopic (exact) mass is 441 g/mol. The summed E-state index contributed by atoms with van der Waals surface area (Å²) in [5.74, 6) is -2.17. The topological polar surface area (TPSA) is 125 Å². The standard InChI is InChI=1S/C21H19N3O6S/c1-24-17(25)11-16(18(26)22-14-7-3-12(4-8-14)19(27)28)31-21(24)23-15-9-5-13(6-10-15)20(29)30-2/h3-10,16H,11H2,1-2H3,(H,22,26)(H,27,28). The Kier molecular flexibility index (Phi) is 6.71. The number of rotatable bonds is 5. The molecule has 1 unspecified atom stereocenters. The van der Waals surface area contributed by atoms with E-state index in [-0.39, 0.29) is 23.8 Å². The minimum atomic E-state index is -1.06. The van der Waals surface area contributed by atoms with E-state index < -0.39 is 17.2 Å². The maximum atomic E-state index is 12.7. The lowest BCUT2D eigenvalue weighted by atomic mass is 10.2. The van der Waals surface area contributed by atoms with Crippen LogP contribution in [0.25, 0.3) is 0 Å². The Morgan fingerprint density at radius 3 is 2.29 bits per heavy atom. The molecule has 31 heavy (non-hydrogen) atoms. The number of benzene rings is 2. The first-order valence-electron chi connectivity index (χ1n) is 9.13. The van der Waals surface area contributed by atoms with Gasteiger partial charge in [0.15, 0.2) is 5.17 Å². The average molecular weight is 441 g/mol. The first-order valence-corrected chi connectivity index (χ1v) is 10.0. The van der Waals surface area contributed by atoms with Crippen LogP contribution in [0.2, 0.25) is 0 Å². The largest absolute Gasteiger partial charge is 0.478 e. The molecule has 2 aromatic carbocycles. The van der Waals surface area contributed by atoms with Crippen LogP contribution in [-0.2, 0) is 14.3 Å². The number of aromatic carboxylic acids is 1. The Morgan fingerprint density at radius 2 is 1.71 bits per heavy atom. The highest BCUT2D eigenvalue weighted by Crippen LogP contribution is 2.29. The van der Waals surface area contributed by atoms with Crippen LogP contribution in [0, 0.1) is 0 Å². The minimum absolute atomic E-state index is 0.000504. The third kappa shape index (κ3) is 5.28. The molecular formula is C21H19N3O6S. The molecule has 1 aliphatic rings. The number of ether oxygens (including phenoxy) is 1. The second kappa shape index (κ2) is 9.43. The van der Waals surface area contributed by atoms with Crippen LogP contribution in [0.1, 0.15) is 27.1 Å². The number of hydrogen-bond donors (Lipinski definition) is 2. The summed E-state index contributed by atoms with van der Waals surface area (Å²) in [6.07, 6.45) is 0.000504. The maximum absolute atomic E-state index is 12.7. The highest BCUT2D eigenvalue weighted by atomic mass is 32.2. The van der Waals surface area contributed by atoms with Crippen LogP contribution in [0.3, 0.4) is 0 Å². The number of carboxylic acid groups (broad SMARTS) is 1. The number of carboxylic acids is 1. The number of hydrogen-bond acceptors (Lipinski definition) is 7. The second-order valence-corrected chi connectivity index (χ2v) is 7.74. The summed E-state index contributed by atoms with van der Waals surface area (Å²) in [4.78, 5) is 53.3. The number of methoxy groups -OCH3 is 1. The van der Waals surface area contributed by atoms with Crippen molar-refractivity contribution in [3.8, 4) is 0 Å². The van der Waals surface area contributed by atoms with Gasteiger partial charge >= 0.3 is 11.9 Å². The fourth-order valence-electron chi connectivity index (χ4n) is 2.72. The van der Waals surface area contributed by atoms with Gasteiger partial charge in [-0.2, -0.15) is 0 Å². The van der Waals surface area contributed by atoms with E-state index in [0.717, 1.165) is 11.8 Å². The molecule has 160 valence electrons. The van der Waals surface area contributed by atoms with E-state index >= 15 is 0 Å². The van der Waals surface area contributed by atoms with Gasteiger partial charge in [-0.3, -0.25) is 14.5 Å². The number of nitrogens with one attached hydrogen (secondary N) is 1. The fourth-order valence-corrected chi connectivity index (χ4v) is 3.78. The zero-order chi connectivity index (χ0) is 22.5. The van der Waals surface area contributed by atoms with Gasteiger partial charge in [0.05, 0.1) is 23.9 Å². The smallest absolute Gasteiger partial charge is 0.337 e. The van der Waals surface area contributed by atoms with Gasteiger partial charge in [0.2, 0.25) is 11.8 Å². The number of thioether (sulfide) groups is 1. The molecule has 9 nitrogen and oxygen atoms in total. The molecule has 0 bridgehead atoms. The Morgan fingerprint density at radius 1 is 1.10 bits per heavy atom. The van der Waals surface area contributed by atoms with E-state index in [9.17, 15) is 19.2 Å². The molecule has 10 heteroatoms. The van der Waals surface area contributed by atoms with E-state index in [0.29, 0.717) is 22.1 Å². The van der Waals surface area contributed by atoms with Crippen LogP contribution in [-0.4, -0.2) is 58.3 Å². The molecule has 1 atom stereocenters. The highest BCUT2D eigenvalue weighted by Gasteiger charge is 2.34. The molecule has 0 radical (unpaired) electrons. The summed E-state index contributed by atoms with van der Waals surface area (Å²) < 4.78 is 4.66. The Hall–Kier alpha value is -3.66. The van der Waals surface area contributed by atoms with Gasteiger partial charge in [-0.15, -0.1) is 0 Å². The maximum Gasteiger partial charge on any atom is 0.337 e. The first-order chi connectivity index (χ1) is 14.8. The minimum Gasteiger partial charge on any atom is -0.478 e. The predicted octanol–water partition coefficient (Wildman–Crippen LogP) is 2.76. The quantitative estimate of drug-likeness (QED) is 0.684. The molecule has 1 aliphatic heterocycles. The lowest BCUT2D eigenvalue weighted by Crippen LogP contribution is -2.43. The van der Waals surface area contributed by atoms with Crippen LogP contribution >= 0.6 is 11.8 Å². The van der Waals surface area contributed by atoms with Crippen molar-refractivity contribution in [2.45, 2.75) is 11.7 Å². The van der Waals surface area contributed by atoms with Crippen molar-refractivity contribution in [1.29, 1.82) is 0 Å². The molecule has 0 saturated carbocycles. The van der Waals surface area contributed by atoms with Gasteiger partial charge in [-0.05, 0) is 48.5 Å². The Balaban J connectivity index is 1.74. The summed E-state index contributed by atoms with van der Waals surface area (Å²) in [6.45, 7) is 0. The molecule has 2 aromatic rings. The summed E-state index contributed by atoms with van der Waals surface area (Å²) in [5, 5.41) is 11.3. The third-order valence-corrected chi connectivity index (χ3v) is 5.71. The molecule has 2 N–H and O–H groups in total. The van der Waals surface area contributed by atoms with E-state index in [4.69, 9.17) is 5.11 Å². The lowest BCUT2D eigenvalue weighted by Gasteiger charge is -2.28. The number of carbonyl (C=O) groups is 4. The van der Waals surface area contributed by atoms with Gasteiger partial charge in [-0.1, -0.05) is 11.8 Å². The van der Waals surface area contributed by atoms with Crippen molar-refractivity contribution in [2.75, 3.05) is 19.5 Å². The summed E-state index contributed by atoms with van der Waals surface area (Å²) in [7, 11) is 2.87. The fraction of sp³-hybridized carbons (Fsp3) is 0.190. The van der Waals surface area contributed by atoms with Crippen molar-refractivity contribution in [3.63, 3.8) is 0 Å². The number of esters is 1. The van der Waals surface area contributed by atoms with Crippen molar-refractivity contribution in [3.05, 3.63) is 59.7 Å². The highest BCUT2D eigenvalue weighted by molar-refractivity contribution is 8.15. The van der Waals surface area contributed by atoms with Crippen molar-refractivity contribution < 1.29 is 29.0 Å². The van der Waals surface area contributed by atoms with Crippen molar-refractivity contribution >= 4 is 52.1 Å². The number of nitrogens with zero attached hydrogens (tertiary/aromatic N) is 2. The van der Waals surface area contributed by atoms with Gasteiger partial charge < -0.3 is 15.2 Å². The summed E-state index contributed by atoms with van der Waals surface area (Å²) in [5.41, 5.74) is 1.42. The Bertz CT molecular complexity index is 1050.